The average Bonchev–Trinajstić information content (AvgIpc) is 2.50. The van der Waals surface area contributed by atoms with Crippen LogP contribution in [0.25, 0.3) is 0 Å². The van der Waals surface area contributed by atoms with Crippen LogP contribution in [-0.4, -0.2) is 11.7 Å². The normalized spacial score (nSPS) is 9.85. The SMILES string of the molecule is OCCC#Cc1ccccc1CSCc1ccccc1. The highest BCUT2D eigenvalue weighted by Crippen LogP contribution is 2.19. The van der Waals surface area contributed by atoms with E-state index in [0.29, 0.717) is 6.42 Å². The number of benzene rings is 2. The maximum atomic E-state index is 8.77. The highest BCUT2D eigenvalue weighted by atomic mass is 32.2. The molecule has 0 aliphatic carbocycles. The van der Waals surface area contributed by atoms with Gasteiger partial charge in [0.2, 0.25) is 0 Å². The van der Waals surface area contributed by atoms with Crippen LogP contribution in [0.5, 0.6) is 0 Å². The summed E-state index contributed by atoms with van der Waals surface area (Å²) in [6.45, 7) is 0.123. The van der Waals surface area contributed by atoms with Gasteiger partial charge >= 0.3 is 0 Å². The minimum absolute atomic E-state index is 0.123. The van der Waals surface area contributed by atoms with Crippen molar-refractivity contribution in [2.24, 2.45) is 0 Å². The van der Waals surface area contributed by atoms with Crippen LogP contribution in [0.3, 0.4) is 0 Å². The Balaban J connectivity index is 1.94. The average molecular weight is 282 g/mol. The molecular formula is C18H18OS. The zero-order valence-electron chi connectivity index (χ0n) is 11.4. The predicted molar refractivity (Wildman–Crippen MR) is 86.5 cm³/mol. The molecule has 1 N–H and O–H groups in total. The quantitative estimate of drug-likeness (QED) is 0.841. The van der Waals surface area contributed by atoms with E-state index in [1.54, 1.807) is 0 Å². The highest BCUT2D eigenvalue weighted by Gasteiger charge is 2.00. The summed E-state index contributed by atoms with van der Waals surface area (Å²) in [5.41, 5.74) is 3.68. The van der Waals surface area contributed by atoms with E-state index in [0.717, 1.165) is 17.1 Å². The zero-order valence-corrected chi connectivity index (χ0v) is 12.2. The lowest BCUT2D eigenvalue weighted by Crippen LogP contribution is -1.88. The van der Waals surface area contributed by atoms with Crippen molar-refractivity contribution in [2.75, 3.05) is 6.61 Å². The van der Waals surface area contributed by atoms with Crippen molar-refractivity contribution < 1.29 is 5.11 Å². The molecule has 1 nitrogen and oxygen atoms in total. The van der Waals surface area contributed by atoms with Crippen LogP contribution < -0.4 is 0 Å². The minimum atomic E-state index is 0.123. The fourth-order valence-electron chi connectivity index (χ4n) is 1.83. The van der Waals surface area contributed by atoms with E-state index in [2.05, 4.69) is 48.2 Å². The van der Waals surface area contributed by atoms with Crippen molar-refractivity contribution in [3.63, 3.8) is 0 Å². The van der Waals surface area contributed by atoms with E-state index < -0.39 is 0 Å². The Kier molecular flexibility index (Phi) is 6.23. The summed E-state index contributed by atoms with van der Waals surface area (Å²) in [7, 11) is 0. The number of hydrogen-bond donors (Lipinski definition) is 1. The minimum Gasteiger partial charge on any atom is -0.395 e. The molecule has 0 aliphatic rings. The summed E-state index contributed by atoms with van der Waals surface area (Å²) in [5.74, 6) is 8.10. The van der Waals surface area contributed by atoms with Crippen molar-refractivity contribution >= 4 is 11.8 Å². The molecule has 0 amide bonds. The highest BCUT2D eigenvalue weighted by molar-refractivity contribution is 7.97. The lowest BCUT2D eigenvalue weighted by atomic mass is 10.1. The van der Waals surface area contributed by atoms with Crippen LogP contribution in [0.1, 0.15) is 23.1 Å². The van der Waals surface area contributed by atoms with Gasteiger partial charge in [-0.25, -0.2) is 0 Å². The predicted octanol–water partition coefficient (Wildman–Crippen LogP) is 3.85. The molecule has 2 rings (SSSR count). The summed E-state index contributed by atoms with van der Waals surface area (Å²) in [4.78, 5) is 0. The second kappa shape index (κ2) is 8.47. The van der Waals surface area contributed by atoms with Gasteiger partial charge in [0, 0.05) is 23.5 Å². The largest absolute Gasteiger partial charge is 0.395 e. The lowest BCUT2D eigenvalue weighted by molar-refractivity contribution is 0.305. The van der Waals surface area contributed by atoms with Gasteiger partial charge in [-0.05, 0) is 17.2 Å². The van der Waals surface area contributed by atoms with Crippen LogP contribution in [0.15, 0.2) is 54.6 Å². The van der Waals surface area contributed by atoms with Gasteiger partial charge in [-0.15, -0.1) is 0 Å². The maximum Gasteiger partial charge on any atom is 0.0540 e. The van der Waals surface area contributed by atoms with Gasteiger partial charge < -0.3 is 5.11 Å². The Hall–Kier alpha value is -1.69. The van der Waals surface area contributed by atoms with Gasteiger partial charge in [0.1, 0.15) is 0 Å². The van der Waals surface area contributed by atoms with Crippen LogP contribution in [0.4, 0.5) is 0 Å². The second-order valence-electron chi connectivity index (χ2n) is 4.41. The van der Waals surface area contributed by atoms with Crippen LogP contribution in [0.2, 0.25) is 0 Å². The van der Waals surface area contributed by atoms with Gasteiger partial charge in [0.15, 0.2) is 0 Å². The standard InChI is InChI=1S/C18H18OS/c19-13-7-6-11-17-10-4-5-12-18(17)15-20-14-16-8-2-1-3-9-16/h1-5,8-10,12,19H,7,13-15H2. The van der Waals surface area contributed by atoms with Crippen LogP contribution >= 0.6 is 11.8 Å². The van der Waals surface area contributed by atoms with Gasteiger partial charge in [-0.2, -0.15) is 11.8 Å². The molecule has 0 atom stereocenters. The molecule has 0 unspecified atom stereocenters. The first kappa shape index (κ1) is 14.7. The maximum absolute atomic E-state index is 8.77. The van der Waals surface area contributed by atoms with E-state index in [1.807, 2.05) is 30.0 Å². The molecule has 0 bridgehead atoms. The molecule has 2 aromatic carbocycles. The molecule has 0 spiro atoms. The first-order chi connectivity index (χ1) is 9.90. The molecule has 0 saturated carbocycles. The number of hydrogen-bond acceptors (Lipinski definition) is 2. The van der Waals surface area contributed by atoms with E-state index in [-0.39, 0.29) is 6.61 Å². The molecule has 0 heterocycles. The molecule has 2 heteroatoms. The topological polar surface area (TPSA) is 20.2 Å². The third-order valence-electron chi connectivity index (χ3n) is 2.85. The Morgan fingerprint density at radius 3 is 2.45 bits per heavy atom. The van der Waals surface area contributed by atoms with Crippen molar-refractivity contribution in [1.82, 2.24) is 0 Å². The van der Waals surface area contributed by atoms with Crippen LogP contribution in [-0.2, 0) is 11.5 Å². The smallest absolute Gasteiger partial charge is 0.0540 e. The number of thioether (sulfide) groups is 1. The molecule has 102 valence electrons. The summed E-state index contributed by atoms with van der Waals surface area (Å²) in [5, 5.41) is 8.77. The van der Waals surface area contributed by atoms with Gasteiger partial charge in [-0.1, -0.05) is 60.4 Å². The first-order valence-electron chi connectivity index (χ1n) is 6.69. The van der Waals surface area contributed by atoms with Crippen molar-refractivity contribution in [1.29, 1.82) is 0 Å². The summed E-state index contributed by atoms with van der Waals surface area (Å²) in [6, 6.07) is 18.7. The zero-order chi connectivity index (χ0) is 14.0. The van der Waals surface area contributed by atoms with E-state index in [1.165, 1.54) is 11.1 Å². The van der Waals surface area contributed by atoms with Crippen molar-refractivity contribution in [3.05, 3.63) is 71.3 Å². The fraction of sp³-hybridized carbons (Fsp3) is 0.222. The Labute approximate surface area is 125 Å². The molecule has 20 heavy (non-hydrogen) atoms. The second-order valence-corrected chi connectivity index (χ2v) is 5.40. The number of aliphatic hydroxyl groups excluding tert-OH is 1. The van der Waals surface area contributed by atoms with Crippen molar-refractivity contribution in [3.8, 4) is 11.8 Å². The van der Waals surface area contributed by atoms with E-state index in [4.69, 9.17) is 5.11 Å². The first-order valence-corrected chi connectivity index (χ1v) is 7.85. The molecule has 0 aromatic heterocycles. The van der Waals surface area contributed by atoms with E-state index >= 15 is 0 Å². The van der Waals surface area contributed by atoms with Crippen LogP contribution in [0, 0.1) is 11.8 Å². The van der Waals surface area contributed by atoms with Gasteiger partial charge in [0.05, 0.1) is 6.61 Å². The van der Waals surface area contributed by atoms with Gasteiger partial charge in [-0.3, -0.25) is 0 Å². The monoisotopic (exact) mass is 282 g/mol. The number of rotatable bonds is 5. The van der Waals surface area contributed by atoms with Crippen molar-refractivity contribution in [2.45, 2.75) is 17.9 Å². The fourth-order valence-corrected chi connectivity index (χ4v) is 2.84. The van der Waals surface area contributed by atoms with E-state index in [9.17, 15) is 0 Å². The summed E-state index contributed by atoms with van der Waals surface area (Å²) in [6.07, 6.45) is 0.533. The molecule has 0 aliphatic heterocycles. The number of aliphatic hydroxyl groups is 1. The molecule has 0 fully saturated rings. The summed E-state index contributed by atoms with van der Waals surface area (Å²) >= 11 is 1.90. The Bertz CT molecular complexity index is 581. The molecular weight excluding hydrogens is 264 g/mol. The molecule has 0 radical (unpaired) electrons. The Morgan fingerprint density at radius 1 is 0.900 bits per heavy atom. The Morgan fingerprint density at radius 2 is 1.65 bits per heavy atom. The lowest BCUT2D eigenvalue weighted by Gasteiger charge is -2.05. The molecule has 0 saturated heterocycles. The third-order valence-corrected chi connectivity index (χ3v) is 3.90. The summed E-state index contributed by atoms with van der Waals surface area (Å²) < 4.78 is 0. The molecule has 2 aromatic rings. The third kappa shape index (κ3) is 4.77. The van der Waals surface area contributed by atoms with Gasteiger partial charge in [0.25, 0.3) is 0 Å².